The molecule has 0 amide bonds. The summed E-state index contributed by atoms with van der Waals surface area (Å²) in [5, 5.41) is 0. The molecule has 1 aromatic rings. The predicted molar refractivity (Wildman–Crippen MR) is 75.5 cm³/mol. The first kappa shape index (κ1) is 13.6. The second-order valence-electron chi connectivity index (χ2n) is 5.57. The first-order valence-electron chi connectivity index (χ1n) is 7.05. The van der Waals surface area contributed by atoms with Crippen molar-refractivity contribution in [2.75, 3.05) is 7.11 Å². The molecular formula is C16H25NO. The van der Waals surface area contributed by atoms with Gasteiger partial charge in [0.1, 0.15) is 0 Å². The molecule has 0 saturated heterocycles. The van der Waals surface area contributed by atoms with Crippen molar-refractivity contribution in [1.29, 1.82) is 0 Å². The van der Waals surface area contributed by atoms with Crippen LogP contribution in [0, 0.1) is 6.92 Å². The van der Waals surface area contributed by atoms with Crippen molar-refractivity contribution in [3.63, 3.8) is 0 Å². The normalized spacial score (nSPS) is 21.3. The van der Waals surface area contributed by atoms with Gasteiger partial charge in [0.2, 0.25) is 0 Å². The fraction of sp³-hybridized carbons (Fsp3) is 0.625. The van der Waals surface area contributed by atoms with E-state index in [0.717, 1.165) is 12.8 Å². The van der Waals surface area contributed by atoms with Crippen LogP contribution in [0.3, 0.4) is 0 Å². The third-order valence-electron chi connectivity index (χ3n) is 4.32. The summed E-state index contributed by atoms with van der Waals surface area (Å²) in [5.74, 6) is 0. The van der Waals surface area contributed by atoms with Crippen LogP contribution in [0.5, 0.6) is 0 Å². The summed E-state index contributed by atoms with van der Waals surface area (Å²) in [5.41, 5.74) is 8.84. The number of hydrogen-bond acceptors (Lipinski definition) is 2. The Morgan fingerprint density at radius 2 is 1.83 bits per heavy atom. The van der Waals surface area contributed by atoms with Crippen LogP contribution in [-0.2, 0) is 4.74 Å². The van der Waals surface area contributed by atoms with Crippen LogP contribution < -0.4 is 5.73 Å². The summed E-state index contributed by atoms with van der Waals surface area (Å²) < 4.78 is 5.89. The van der Waals surface area contributed by atoms with Crippen molar-refractivity contribution < 1.29 is 4.74 Å². The van der Waals surface area contributed by atoms with E-state index in [1.54, 1.807) is 0 Å². The van der Waals surface area contributed by atoms with Crippen molar-refractivity contribution in [2.45, 2.75) is 57.1 Å². The van der Waals surface area contributed by atoms with Crippen LogP contribution in [0.15, 0.2) is 24.3 Å². The lowest BCUT2D eigenvalue weighted by Gasteiger charge is -2.37. The lowest BCUT2D eigenvalue weighted by molar-refractivity contribution is -0.0442. The van der Waals surface area contributed by atoms with E-state index < -0.39 is 0 Å². The van der Waals surface area contributed by atoms with Crippen molar-refractivity contribution >= 4 is 0 Å². The zero-order valence-corrected chi connectivity index (χ0v) is 11.6. The molecule has 0 aliphatic heterocycles. The molecule has 18 heavy (non-hydrogen) atoms. The Labute approximate surface area is 111 Å². The maximum absolute atomic E-state index is 6.53. The minimum Gasteiger partial charge on any atom is -0.376 e. The zero-order valence-electron chi connectivity index (χ0n) is 11.6. The highest BCUT2D eigenvalue weighted by atomic mass is 16.5. The molecule has 0 heterocycles. The molecule has 0 bridgehead atoms. The molecule has 0 radical (unpaired) electrons. The molecular weight excluding hydrogens is 222 g/mol. The quantitative estimate of drug-likeness (QED) is 0.826. The summed E-state index contributed by atoms with van der Waals surface area (Å²) in [4.78, 5) is 0. The summed E-state index contributed by atoms with van der Waals surface area (Å²) in [6.45, 7) is 2.11. The van der Waals surface area contributed by atoms with Gasteiger partial charge in [-0.3, -0.25) is 0 Å². The van der Waals surface area contributed by atoms with E-state index in [9.17, 15) is 0 Å². The van der Waals surface area contributed by atoms with Gasteiger partial charge in [-0.25, -0.2) is 0 Å². The highest BCUT2D eigenvalue weighted by molar-refractivity contribution is 5.27. The van der Waals surface area contributed by atoms with Gasteiger partial charge in [-0.2, -0.15) is 0 Å². The highest BCUT2D eigenvalue weighted by Crippen LogP contribution is 2.38. The lowest BCUT2D eigenvalue weighted by Crippen LogP contribution is -2.42. The molecule has 2 nitrogen and oxygen atoms in total. The van der Waals surface area contributed by atoms with E-state index >= 15 is 0 Å². The van der Waals surface area contributed by atoms with Crippen LogP contribution in [0.25, 0.3) is 0 Å². The fourth-order valence-corrected chi connectivity index (χ4v) is 3.14. The number of rotatable bonds is 3. The van der Waals surface area contributed by atoms with Gasteiger partial charge in [-0.1, -0.05) is 55.5 Å². The minimum atomic E-state index is -0.162. The molecule has 2 rings (SSSR count). The molecule has 2 heteroatoms. The molecule has 100 valence electrons. The van der Waals surface area contributed by atoms with Crippen molar-refractivity contribution in [3.8, 4) is 0 Å². The van der Waals surface area contributed by atoms with E-state index in [1.807, 2.05) is 7.11 Å². The summed E-state index contributed by atoms with van der Waals surface area (Å²) in [7, 11) is 1.82. The van der Waals surface area contributed by atoms with Gasteiger partial charge in [-0.15, -0.1) is 0 Å². The Bertz CT molecular complexity index is 380. The molecule has 1 aromatic carbocycles. The standard InChI is InChI=1S/C16H25NO/c1-13-8-7-9-14(12-13)15(17)16(18-2)10-5-3-4-6-11-16/h7-9,12,15H,3-6,10-11,17H2,1-2H3. The molecule has 1 atom stereocenters. The third kappa shape index (κ3) is 2.76. The number of methoxy groups -OCH3 is 1. The first-order chi connectivity index (χ1) is 8.68. The van der Waals surface area contributed by atoms with Gasteiger partial charge in [0, 0.05) is 7.11 Å². The van der Waals surface area contributed by atoms with Gasteiger partial charge in [0.25, 0.3) is 0 Å². The smallest absolute Gasteiger partial charge is 0.0870 e. The second-order valence-corrected chi connectivity index (χ2v) is 5.57. The number of nitrogens with two attached hydrogens (primary N) is 1. The van der Waals surface area contributed by atoms with Crippen LogP contribution in [-0.4, -0.2) is 12.7 Å². The number of benzene rings is 1. The Morgan fingerprint density at radius 1 is 1.17 bits per heavy atom. The number of aryl methyl sites for hydroxylation is 1. The van der Waals surface area contributed by atoms with Crippen molar-refractivity contribution in [2.24, 2.45) is 5.73 Å². The minimum absolute atomic E-state index is 0.0134. The average molecular weight is 247 g/mol. The number of ether oxygens (including phenoxy) is 1. The Balaban J connectivity index is 2.25. The maximum atomic E-state index is 6.53. The van der Waals surface area contributed by atoms with Gasteiger partial charge in [-0.05, 0) is 25.3 Å². The van der Waals surface area contributed by atoms with E-state index in [0.29, 0.717) is 0 Å². The Hall–Kier alpha value is -0.860. The van der Waals surface area contributed by atoms with Crippen LogP contribution in [0.4, 0.5) is 0 Å². The topological polar surface area (TPSA) is 35.2 Å². The van der Waals surface area contributed by atoms with Gasteiger partial charge in [0.15, 0.2) is 0 Å². The molecule has 1 aliphatic carbocycles. The molecule has 0 aromatic heterocycles. The second kappa shape index (κ2) is 5.85. The Morgan fingerprint density at radius 3 is 2.39 bits per heavy atom. The predicted octanol–water partition coefficient (Wildman–Crippen LogP) is 3.73. The number of hydrogen-bond donors (Lipinski definition) is 1. The summed E-state index contributed by atoms with van der Waals surface area (Å²) >= 11 is 0. The largest absolute Gasteiger partial charge is 0.376 e. The lowest BCUT2D eigenvalue weighted by atomic mass is 9.82. The third-order valence-corrected chi connectivity index (χ3v) is 4.32. The van der Waals surface area contributed by atoms with E-state index in [-0.39, 0.29) is 11.6 Å². The molecule has 1 unspecified atom stereocenters. The van der Waals surface area contributed by atoms with Crippen molar-refractivity contribution in [3.05, 3.63) is 35.4 Å². The van der Waals surface area contributed by atoms with Gasteiger partial charge in [0.05, 0.1) is 11.6 Å². The molecule has 1 aliphatic rings. The molecule has 0 spiro atoms. The summed E-state index contributed by atoms with van der Waals surface area (Å²) in [6, 6.07) is 8.51. The van der Waals surface area contributed by atoms with Crippen molar-refractivity contribution in [1.82, 2.24) is 0 Å². The van der Waals surface area contributed by atoms with E-state index in [2.05, 4.69) is 31.2 Å². The monoisotopic (exact) mass is 247 g/mol. The Kier molecular flexibility index (Phi) is 4.41. The SMILES string of the molecule is COC1(C(N)c2cccc(C)c2)CCCCCC1. The average Bonchev–Trinajstić information content (AvgIpc) is 2.64. The molecule has 1 fully saturated rings. The molecule has 1 saturated carbocycles. The van der Waals surface area contributed by atoms with Crippen LogP contribution in [0.2, 0.25) is 0 Å². The highest BCUT2D eigenvalue weighted by Gasteiger charge is 2.37. The van der Waals surface area contributed by atoms with E-state index in [1.165, 1.54) is 36.8 Å². The zero-order chi connectivity index (χ0) is 13.0. The maximum Gasteiger partial charge on any atom is 0.0870 e. The molecule has 2 N–H and O–H groups in total. The fourth-order valence-electron chi connectivity index (χ4n) is 3.14. The van der Waals surface area contributed by atoms with Crippen LogP contribution >= 0.6 is 0 Å². The van der Waals surface area contributed by atoms with E-state index in [4.69, 9.17) is 10.5 Å². The first-order valence-corrected chi connectivity index (χ1v) is 7.05. The van der Waals surface area contributed by atoms with Crippen LogP contribution in [0.1, 0.15) is 55.7 Å². The summed E-state index contributed by atoms with van der Waals surface area (Å²) in [6.07, 6.45) is 7.25. The van der Waals surface area contributed by atoms with Gasteiger partial charge < -0.3 is 10.5 Å². The van der Waals surface area contributed by atoms with Gasteiger partial charge >= 0.3 is 0 Å².